The number of allylic oxidation sites excluding steroid dienone is 1. The lowest BCUT2D eigenvalue weighted by molar-refractivity contribution is 0.277. The maximum absolute atomic E-state index is 9.68. The Kier molecular flexibility index (Phi) is 6.00. The lowest BCUT2D eigenvalue weighted by atomic mass is 10.1. The van der Waals surface area contributed by atoms with Gasteiger partial charge in [0.2, 0.25) is 0 Å². The van der Waals surface area contributed by atoms with Gasteiger partial charge in [0.15, 0.2) is 11.5 Å². The zero-order valence-electron chi connectivity index (χ0n) is 16.8. The van der Waals surface area contributed by atoms with E-state index in [-0.39, 0.29) is 0 Å². The largest absolute Gasteiger partial charge is 0.490 e. The van der Waals surface area contributed by atoms with Gasteiger partial charge < -0.3 is 14.5 Å². The van der Waals surface area contributed by atoms with Gasteiger partial charge in [0.25, 0.3) is 0 Å². The summed E-state index contributed by atoms with van der Waals surface area (Å²) in [7, 11) is 0. The smallest absolute Gasteiger partial charge is 0.161 e. The summed E-state index contributed by atoms with van der Waals surface area (Å²) in [5.41, 5.74) is 5.48. The molecule has 3 aromatic rings. The molecule has 0 bridgehead atoms. The number of nitrogens with one attached hydrogen (secondary N) is 1. The van der Waals surface area contributed by atoms with E-state index in [1.54, 1.807) is 0 Å². The highest BCUT2D eigenvalue weighted by atomic mass is 16.5. The Balaban J connectivity index is 1.98. The second kappa shape index (κ2) is 8.62. The molecule has 3 rings (SSSR count). The lowest BCUT2D eigenvalue weighted by Gasteiger charge is -2.12. The summed E-state index contributed by atoms with van der Waals surface area (Å²) in [5.74, 6) is 1.96. The Bertz CT molecular complexity index is 1020. The fourth-order valence-electron chi connectivity index (χ4n) is 2.93. The van der Waals surface area contributed by atoms with E-state index in [0.717, 1.165) is 23.0 Å². The monoisotopic (exact) mass is 375 g/mol. The van der Waals surface area contributed by atoms with Crippen molar-refractivity contribution in [2.45, 2.75) is 34.1 Å². The Morgan fingerprint density at radius 3 is 2.61 bits per heavy atom. The van der Waals surface area contributed by atoms with Crippen molar-refractivity contribution in [3.05, 3.63) is 52.8 Å². The van der Waals surface area contributed by atoms with Crippen LogP contribution in [0.2, 0.25) is 0 Å². The molecule has 2 aromatic carbocycles. The Morgan fingerprint density at radius 1 is 1.11 bits per heavy atom. The molecule has 0 atom stereocenters. The molecule has 0 spiro atoms. The first-order valence-corrected chi connectivity index (χ1v) is 9.54. The molecule has 1 heterocycles. The van der Waals surface area contributed by atoms with Gasteiger partial charge in [-0.05, 0) is 74.2 Å². The topological polar surface area (TPSA) is 70.9 Å². The second-order valence-electron chi connectivity index (χ2n) is 6.70. The molecule has 5 nitrogen and oxygen atoms in total. The molecule has 0 fully saturated rings. The number of imidazole rings is 1. The van der Waals surface area contributed by atoms with Crippen LogP contribution in [-0.4, -0.2) is 23.2 Å². The van der Waals surface area contributed by atoms with Crippen molar-refractivity contribution in [1.29, 1.82) is 5.26 Å². The maximum atomic E-state index is 9.68. The zero-order valence-corrected chi connectivity index (χ0v) is 16.8. The predicted molar refractivity (Wildman–Crippen MR) is 112 cm³/mol. The number of aryl methyl sites for hydroxylation is 2. The molecule has 0 aliphatic carbocycles. The summed E-state index contributed by atoms with van der Waals surface area (Å²) in [6.45, 7) is 9.30. The van der Waals surface area contributed by atoms with Crippen LogP contribution in [0.15, 0.2) is 30.3 Å². The van der Waals surface area contributed by atoms with Crippen molar-refractivity contribution in [2.75, 3.05) is 13.2 Å². The van der Waals surface area contributed by atoms with Crippen LogP contribution in [0.25, 0.3) is 22.7 Å². The van der Waals surface area contributed by atoms with Gasteiger partial charge in [-0.1, -0.05) is 13.0 Å². The number of nitrogens with zero attached hydrogens (tertiary/aromatic N) is 2. The summed E-state index contributed by atoms with van der Waals surface area (Å²) in [4.78, 5) is 7.85. The molecule has 28 heavy (non-hydrogen) atoms. The van der Waals surface area contributed by atoms with Crippen LogP contribution < -0.4 is 9.47 Å². The minimum absolute atomic E-state index is 0.469. The number of ether oxygens (including phenoxy) is 2. The number of aromatic nitrogens is 2. The fraction of sp³-hybridized carbons (Fsp3) is 0.304. The molecule has 0 saturated heterocycles. The number of aromatic amines is 1. The number of benzene rings is 2. The molecule has 0 aliphatic rings. The van der Waals surface area contributed by atoms with Gasteiger partial charge in [0.05, 0.1) is 29.8 Å². The fourth-order valence-corrected chi connectivity index (χ4v) is 2.93. The van der Waals surface area contributed by atoms with Crippen LogP contribution in [0.4, 0.5) is 0 Å². The van der Waals surface area contributed by atoms with E-state index in [4.69, 9.17) is 9.47 Å². The second-order valence-corrected chi connectivity index (χ2v) is 6.70. The van der Waals surface area contributed by atoms with E-state index in [1.165, 1.54) is 11.1 Å². The molecular weight excluding hydrogens is 350 g/mol. The number of rotatable bonds is 7. The summed E-state index contributed by atoms with van der Waals surface area (Å²) in [6, 6.07) is 12.0. The molecule has 1 N–H and O–H groups in total. The summed E-state index contributed by atoms with van der Waals surface area (Å²) in [5, 5.41) is 9.68. The number of hydrogen-bond donors (Lipinski definition) is 1. The zero-order chi connectivity index (χ0) is 20.1. The Morgan fingerprint density at radius 2 is 1.89 bits per heavy atom. The molecular formula is C23H25N3O2. The number of H-pyrrole nitrogens is 1. The number of hydrogen-bond acceptors (Lipinski definition) is 4. The van der Waals surface area contributed by atoms with Crippen molar-refractivity contribution in [3.8, 4) is 17.6 Å². The van der Waals surface area contributed by atoms with Crippen molar-refractivity contribution >= 4 is 22.7 Å². The van der Waals surface area contributed by atoms with Gasteiger partial charge in [-0.15, -0.1) is 0 Å². The van der Waals surface area contributed by atoms with Crippen LogP contribution in [0.5, 0.6) is 11.5 Å². The molecule has 0 saturated carbocycles. The van der Waals surface area contributed by atoms with Crippen molar-refractivity contribution in [2.24, 2.45) is 0 Å². The first-order chi connectivity index (χ1) is 13.5. The van der Waals surface area contributed by atoms with Gasteiger partial charge in [0, 0.05) is 0 Å². The normalized spacial score (nSPS) is 11.5. The maximum Gasteiger partial charge on any atom is 0.161 e. The van der Waals surface area contributed by atoms with Crippen LogP contribution in [0, 0.1) is 25.2 Å². The van der Waals surface area contributed by atoms with E-state index in [1.807, 2.05) is 37.3 Å². The molecule has 0 radical (unpaired) electrons. The quantitative estimate of drug-likeness (QED) is 0.559. The van der Waals surface area contributed by atoms with Crippen LogP contribution in [0.1, 0.15) is 42.8 Å². The first-order valence-electron chi connectivity index (χ1n) is 9.54. The summed E-state index contributed by atoms with van der Waals surface area (Å²) in [6.07, 6.45) is 2.74. The molecule has 144 valence electrons. The Hall–Kier alpha value is -3.26. The SMILES string of the molecule is CCCOc1ccc(/C=C(/C#N)c2nc3cc(C)c(C)cc3[nH]2)cc1OCC. The predicted octanol–water partition coefficient (Wildman–Crippen LogP) is 5.43. The average Bonchev–Trinajstić information content (AvgIpc) is 3.08. The third-order valence-electron chi connectivity index (χ3n) is 4.51. The van der Waals surface area contributed by atoms with E-state index >= 15 is 0 Å². The number of nitriles is 1. The van der Waals surface area contributed by atoms with Crippen molar-refractivity contribution in [1.82, 2.24) is 9.97 Å². The van der Waals surface area contributed by atoms with Crippen LogP contribution in [0.3, 0.4) is 0 Å². The Labute approximate surface area is 165 Å². The van der Waals surface area contributed by atoms with Gasteiger partial charge >= 0.3 is 0 Å². The van der Waals surface area contributed by atoms with Crippen LogP contribution >= 0.6 is 0 Å². The van der Waals surface area contributed by atoms with Gasteiger partial charge in [-0.2, -0.15) is 5.26 Å². The highest BCUT2D eigenvalue weighted by Crippen LogP contribution is 2.30. The third kappa shape index (κ3) is 4.17. The number of fused-ring (bicyclic) bond motifs is 1. The van der Waals surface area contributed by atoms with Gasteiger partial charge in [-0.3, -0.25) is 0 Å². The summed E-state index contributed by atoms with van der Waals surface area (Å²) >= 11 is 0. The lowest BCUT2D eigenvalue weighted by Crippen LogP contribution is -2.00. The molecule has 0 unspecified atom stereocenters. The van der Waals surface area contributed by atoms with Gasteiger partial charge in [-0.25, -0.2) is 4.98 Å². The highest BCUT2D eigenvalue weighted by molar-refractivity contribution is 5.90. The molecule has 0 amide bonds. The van der Waals surface area contributed by atoms with Crippen LogP contribution in [-0.2, 0) is 0 Å². The highest BCUT2D eigenvalue weighted by Gasteiger charge is 2.11. The molecule has 5 heteroatoms. The standard InChI is InChI=1S/C23H25N3O2/c1-5-9-28-21-8-7-17(13-22(21)27-6-2)12-18(14-24)23-25-19-10-15(3)16(4)11-20(19)26-23/h7-8,10-13H,5-6,9H2,1-4H3,(H,25,26)/b18-12-. The van der Waals surface area contributed by atoms with E-state index in [0.29, 0.717) is 36.1 Å². The molecule has 0 aliphatic heterocycles. The van der Waals surface area contributed by atoms with Crippen molar-refractivity contribution < 1.29 is 9.47 Å². The summed E-state index contributed by atoms with van der Waals surface area (Å²) < 4.78 is 11.5. The average molecular weight is 375 g/mol. The van der Waals surface area contributed by atoms with E-state index in [2.05, 4.69) is 42.9 Å². The van der Waals surface area contributed by atoms with E-state index < -0.39 is 0 Å². The minimum atomic E-state index is 0.469. The first kappa shape index (κ1) is 19.5. The molecule has 1 aromatic heterocycles. The van der Waals surface area contributed by atoms with Gasteiger partial charge in [0.1, 0.15) is 11.9 Å². The minimum Gasteiger partial charge on any atom is -0.490 e. The third-order valence-corrected chi connectivity index (χ3v) is 4.51. The van der Waals surface area contributed by atoms with Crippen molar-refractivity contribution in [3.63, 3.8) is 0 Å². The van der Waals surface area contributed by atoms with E-state index in [9.17, 15) is 5.26 Å².